The molecule has 0 atom stereocenters. The molecule has 94 valence electrons. The van der Waals surface area contributed by atoms with Gasteiger partial charge in [-0.15, -0.1) is 0 Å². The lowest BCUT2D eigenvalue weighted by Gasteiger charge is -2.05. The molecule has 4 nitrogen and oxygen atoms in total. The monoisotopic (exact) mass is 250 g/mol. The smallest absolute Gasteiger partial charge is 0.153 e. The number of pyridine rings is 1. The third kappa shape index (κ3) is 2.08. The van der Waals surface area contributed by atoms with E-state index in [2.05, 4.69) is 15.2 Å². The van der Waals surface area contributed by atoms with Crippen LogP contribution in [-0.2, 0) is 0 Å². The molecular formula is C15H14N4. The largest absolute Gasteiger partial charge is 0.382 e. The Kier molecular flexibility index (Phi) is 2.76. The van der Waals surface area contributed by atoms with Gasteiger partial charge in [0.2, 0.25) is 0 Å². The zero-order valence-corrected chi connectivity index (χ0v) is 10.6. The van der Waals surface area contributed by atoms with Gasteiger partial charge >= 0.3 is 0 Å². The van der Waals surface area contributed by atoms with Crippen molar-refractivity contribution in [3.63, 3.8) is 0 Å². The maximum Gasteiger partial charge on any atom is 0.153 e. The topological polar surface area (TPSA) is 67.6 Å². The van der Waals surface area contributed by atoms with Gasteiger partial charge in [-0.1, -0.05) is 30.3 Å². The highest BCUT2D eigenvalue weighted by molar-refractivity contribution is 5.87. The summed E-state index contributed by atoms with van der Waals surface area (Å²) in [5.74, 6) is 0.510. The molecular weight excluding hydrogens is 236 g/mol. The van der Waals surface area contributed by atoms with Gasteiger partial charge in [0, 0.05) is 17.5 Å². The molecule has 0 radical (unpaired) electrons. The van der Waals surface area contributed by atoms with Gasteiger partial charge in [0.15, 0.2) is 5.82 Å². The summed E-state index contributed by atoms with van der Waals surface area (Å²) in [7, 11) is 0. The molecule has 0 saturated carbocycles. The second-order valence-electron chi connectivity index (χ2n) is 4.41. The predicted molar refractivity (Wildman–Crippen MR) is 76.4 cm³/mol. The molecule has 0 saturated heterocycles. The van der Waals surface area contributed by atoms with Crippen molar-refractivity contribution in [1.82, 2.24) is 15.2 Å². The Bertz CT molecular complexity index is 701. The first-order valence-corrected chi connectivity index (χ1v) is 6.08. The van der Waals surface area contributed by atoms with Crippen LogP contribution in [0.25, 0.3) is 22.4 Å². The van der Waals surface area contributed by atoms with Crippen molar-refractivity contribution in [1.29, 1.82) is 0 Å². The number of benzene rings is 1. The van der Waals surface area contributed by atoms with Gasteiger partial charge in [0.05, 0.1) is 11.3 Å². The lowest BCUT2D eigenvalue weighted by molar-refractivity contribution is 1.10. The maximum absolute atomic E-state index is 5.99. The van der Waals surface area contributed by atoms with E-state index >= 15 is 0 Å². The van der Waals surface area contributed by atoms with E-state index in [4.69, 9.17) is 5.73 Å². The van der Waals surface area contributed by atoms with E-state index in [1.807, 2.05) is 49.4 Å². The number of aromatic amines is 1. The van der Waals surface area contributed by atoms with Crippen LogP contribution in [0.4, 0.5) is 5.82 Å². The van der Waals surface area contributed by atoms with Crippen LogP contribution >= 0.6 is 0 Å². The fourth-order valence-electron chi connectivity index (χ4n) is 2.16. The van der Waals surface area contributed by atoms with Gasteiger partial charge in [-0.3, -0.25) is 10.1 Å². The minimum atomic E-state index is 0.510. The van der Waals surface area contributed by atoms with Crippen LogP contribution < -0.4 is 5.73 Å². The second kappa shape index (κ2) is 4.57. The number of nitrogens with one attached hydrogen (secondary N) is 1. The third-order valence-electron chi connectivity index (χ3n) is 3.04. The number of aromatic nitrogens is 3. The summed E-state index contributed by atoms with van der Waals surface area (Å²) in [6.45, 7) is 1.96. The molecule has 3 rings (SSSR count). The van der Waals surface area contributed by atoms with E-state index in [9.17, 15) is 0 Å². The molecule has 0 fully saturated rings. The van der Waals surface area contributed by atoms with Crippen LogP contribution in [0, 0.1) is 6.92 Å². The van der Waals surface area contributed by atoms with Crippen molar-refractivity contribution in [2.24, 2.45) is 0 Å². The molecule has 3 N–H and O–H groups in total. The van der Waals surface area contributed by atoms with E-state index in [1.165, 1.54) is 0 Å². The Hall–Kier alpha value is -2.62. The summed E-state index contributed by atoms with van der Waals surface area (Å²) in [4.78, 5) is 4.21. The first-order chi connectivity index (χ1) is 9.25. The van der Waals surface area contributed by atoms with Gasteiger partial charge < -0.3 is 5.73 Å². The molecule has 0 amide bonds. The number of nitrogens with two attached hydrogens (primary N) is 1. The highest BCUT2D eigenvalue weighted by atomic mass is 15.2. The quantitative estimate of drug-likeness (QED) is 0.734. The number of nitrogen functional groups attached to an aromatic ring is 1. The number of nitrogens with zero attached hydrogens (tertiary/aromatic N) is 2. The molecule has 4 heteroatoms. The average Bonchev–Trinajstić information content (AvgIpc) is 2.82. The number of rotatable bonds is 2. The zero-order valence-electron chi connectivity index (χ0n) is 10.6. The standard InChI is InChI=1S/C15H14N4/c1-10-9-12(7-8-17-10)14-13(15(16)19-18-14)11-5-3-2-4-6-11/h2-9H,1H3,(H3,16,18,19). The molecule has 0 aliphatic rings. The SMILES string of the molecule is Cc1cc(-c2[nH]nc(N)c2-c2ccccc2)ccn1. The van der Waals surface area contributed by atoms with E-state index < -0.39 is 0 Å². The lowest BCUT2D eigenvalue weighted by Crippen LogP contribution is -1.89. The van der Waals surface area contributed by atoms with E-state index in [0.717, 1.165) is 28.1 Å². The van der Waals surface area contributed by atoms with Crippen molar-refractivity contribution in [2.45, 2.75) is 6.92 Å². The zero-order chi connectivity index (χ0) is 13.2. The molecule has 19 heavy (non-hydrogen) atoms. The van der Waals surface area contributed by atoms with Crippen molar-refractivity contribution in [3.8, 4) is 22.4 Å². The third-order valence-corrected chi connectivity index (χ3v) is 3.04. The molecule has 0 aliphatic carbocycles. The number of hydrogen-bond donors (Lipinski definition) is 2. The Balaban J connectivity index is 2.19. The fraction of sp³-hybridized carbons (Fsp3) is 0.0667. The van der Waals surface area contributed by atoms with Gasteiger partial charge in [-0.25, -0.2) is 0 Å². The number of hydrogen-bond acceptors (Lipinski definition) is 3. The van der Waals surface area contributed by atoms with Crippen LogP contribution in [0.1, 0.15) is 5.69 Å². The van der Waals surface area contributed by atoms with E-state index in [1.54, 1.807) is 6.20 Å². The van der Waals surface area contributed by atoms with E-state index in [-0.39, 0.29) is 0 Å². The molecule has 2 heterocycles. The summed E-state index contributed by atoms with van der Waals surface area (Å²) in [5, 5.41) is 7.14. The summed E-state index contributed by atoms with van der Waals surface area (Å²) in [5.41, 5.74) is 10.9. The van der Waals surface area contributed by atoms with Gasteiger partial charge in [-0.2, -0.15) is 5.10 Å². The first kappa shape index (κ1) is 11.5. The van der Waals surface area contributed by atoms with E-state index in [0.29, 0.717) is 5.82 Å². The fourth-order valence-corrected chi connectivity index (χ4v) is 2.16. The highest BCUT2D eigenvalue weighted by Crippen LogP contribution is 2.34. The molecule has 0 bridgehead atoms. The number of anilines is 1. The minimum Gasteiger partial charge on any atom is -0.382 e. The normalized spacial score (nSPS) is 10.6. The van der Waals surface area contributed by atoms with Crippen LogP contribution in [0.3, 0.4) is 0 Å². The van der Waals surface area contributed by atoms with Crippen LogP contribution in [0.15, 0.2) is 48.7 Å². The number of aryl methyl sites for hydroxylation is 1. The van der Waals surface area contributed by atoms with Crippen molar-refractivity contribution < 1.29 is 0 Å². The van der Waals surface area contributed by atoms with Crippen molar-refractivity contribution in [3.05, 3.63) is 54.4 Å². The Morgan fingerprint density at radius 2 is 1.84 bits per heavy atom. The molecule has 3 aromatic rings. The second-order valence-corrected chi connectivity index (χ2v) is 4.41. The van der Waals surface area contributed by atoms with Crippen molar-refractivity contribution in [2.75, 3.05) is 5.73 Å². The Labute approximate surface area is 111 Å². The number of H-pyrrole nitrogens is 1. The van der Waals surface area contributed by atoms with Gasteiger partial charge in [0.25, 0.3) is 0 Å². The van der Waals surface area contributed by atoms with Crippen LogP contribution in [-0.4, -0.2) is 15.2 Å². The summed E-state index contributed by atoms with van der Waals surface area (Å²) < 4.78 is 0. The Morgan fingerprint density at radius 1 is 1.05 bits per heavy atom. The van der Waals surface area contributed by atoms with Gasteiger partial charge in [-0.05, 0) is 24.6 Å². The molecule has 0 aliphatic heterocycles. The molecule has 1 aromatic carbocycles. The predicted octanol–water partition coefficient (Wildman–Crippen LogP) is 3.03. The van der Waals surface area contributed by atoms with Gasteiger partial charge in [0.1, 0.15) is 0 Å². The minimum absolute atomic E-state index is 0.510. The highest BCUT2D eigenvalue weighted by Gasteiger charge is 2.14. The maximum atomic E-state index is 5.99. The summed E-state index contributed by atoms with van der Waals surface area (Å²) in [6.07, 6.45) is 1.79. The summed E-state index contributed by atoms with van der Waals surface area (Å²) in [6, 6.07) is 14.0. The molecule has 0 unspecified atom stereocenters. The van der Waals surface area contributed by atoms with Crippen LogP contribution in [0.2, 0.25) is 0 Å². The first-order valence-electron chi connectivity index (χ1n) is 6.08. The lowest BCUT2D eigenvalue weighted by atomic mass is 10.0. The van der Waals surface area contributed by atoms with Crippen LogP contribution in [0.5, 0.6) is 0 Å². The molecule has 2 aromatic heterocycles. The average molecular weight is 250 g/mol. The summed E-state index contributed by atoms with van der Waals surface area (Å²) >= 11 is 0. The molecule has 0 spiro atoms. The Morgan fingerprint density at radius 3 is 2.58 bits per heavy atom. The van der Waals surface area contributed by atoms with Crippen molar-refractivity contribution >= 4 is 5.82 Å².